The molecule has 1 amide bonds. The highest BCUT2D eigenvalue weighted by Gasteiger charge is 2.39. The molecule has 4 rings (SSSR count). The van der Waals surface area contributed by atoms with Crippen molar-refractivity contribution in [2.45, 2.75) is 38.1 Å². The molecule has 3 aromatic rings. The number of hydrogen-bond acceptors (Lipinski definition) is 6. The predicted molar refractivity (Wildman–Crippen MR) is 101 cm³/mol. The van der Waals surface area contributed by atoms with Gasteiger partial charge >= 0.3 is 0 Å². The van der Waals surface area contributed by atoms with Crippen LogP contribution in [0.1, 0.15) is 47.9 Å². The molecular weight excluding hydrogens is 348 g/mol. The van der Waals surface area contributed by atoms with Crippen LogP contribution < -0.4 is 11.1 Å². The molecule has 0 radical (unpaired) electrons. The third kappa shape index (κ3) is 3.04. The molecule has 0 unspecified atom stereocenters. The van der Waals surface area contributed by atoms with E-state index in [1.165, 1.54) is 16.9 Å². The Balaban J connectivity index is 1.54. The lowest BCUT2D eigenvalue weighted by molar-refractivity contribution is 0.102. The Morgan fingerprint density at radius 1 is 1.31 bits per heavy atom. The molecule has 1 aliphatic rings. The first kappa shape index (κ1) is 16.9. The summed E-state index contributed by atoms with van der Waals surface area (Å²) in [6.07, 6.45) is 3.76. The fourth-order valence-electron chi connectivity index (χ4n) is 2.96. The number of aryl methyl sites for hydroxylation is 1. The maximum atomic E-state index is 12.5. The first-order chi connectivity index (χ1) is 12.6. The van der Waals surface area contributed by atoms with Gasteiger partial charge in [-0.05, 0) is 54.8 Å². The molecular formula is C19H20N4O2S. The average Bonchev–Trinajstić information content (AvgIpc) is 3.29. The van der Waals surface area contributed by atoms with Gasteiger partial charge in [0.2, 0.25) is 0 Å². The first-order valence-electron chi connectivity index (χ1n) is 8.70. The Bertz CT molecular complexity index is 925. The van der Waals surface area contributed by atoms with E-state index in [9.17, 15) is 4.79 Å². The van der Waals surface area contributed by atoms with Crippen LogP contribution in [0, 0.1) is 0 Å². The molecule has 2 aromatic heterocycles. The van der Waals surface area contributed by atoms with Crippen molar-refractivity contribution in [3.63, 3.8) is 0 Å². The van der Waals surface area contributed by atoms with Gasteiger partial charge in [0.1, 0.15) is 5.00 Å². The van der Waals surface area contributed by atoms with Crippen LogP contribution in [0.5, 0.6) is 0 Å². The number of benzene rings is 1. The van der Waals surface area contributed by atoms with Gasteiger partial charge in [-0.15, -0.1) is 11.3 Å². The van der Waals surface area contributed by atoms with Crippen molar-refractivity contribution in [1.82, 2.24) is 10.1 Å². The summed E-state index contributed by atoms with van der Waals surface area (Å²) in [6.45, 7) is 2.08. The topological polar surface area (TPSA) is 94.0 Å². The number of rotatable bonds is 5. The minimum absolute atomic E-state index is 0.162. The average molecular weight is 368 g/mol. The van der Waals surface area contributed by atoms with Gasteiger partial charge in [-0.1, -0.05) is 24.2 Å². The number of nitrogens with one attached hydrogen (secondary N) is 1. The number of carbonyl (C=O) groups excluding carboxylic acids is 1. The summed E-state index contributed by atoms with van der Waals surface area (Å²) < 4.78 is 5.40. The molecule has 0 atom stereocenters. The summed E-state index contributed by atoms with van der Waals surface area (Å²) in [7, 11) is 0. The third-order valence-corrected chi connectivity index (χ3v) is 5.69. The summed E-state index contributed by atoms with van der Waals surface area (Å²) in [5, 5.41) is 9.55. The largest absolute Gasteiger partial charge is 0.334 e. The second-order valence-electron chi connectivity index (χ2n) is 6.60. The summed E-state index contributed by atoms with van der Waals surface area (Å²) in [6, 6.07) is 9.46. The standard InChI is InChI=1S/C19H20N4O2S/c1-2-12-4-6-13(7-5-12)15(24)21-17-14(8-11-26-17)16-22-18(23-25-16)19(20)9-3-10-19/h4-8,11H,2-3,9-10,20H2,1H3,(H,21,24). The van der Waals surface area contributed by atoms with Crippen molar-refractivity contribution in [2.24, 2.45) is 5.73 Å². The highest BCUT2D eigenvalue weighted by atomic mass is 32.1. The number of amides is 1. The van der Waals surface area contributed by atoms with Gasteiger partial charge in [-0.25, -0.2) is 0 Å². The maximum absolute atomic E-state index is 12.5. The monoisotopic (exact) mass is 368 g/mol. The van der Waals surface area contributed by atoms with Gasteiger partial charge in [0.25, 0.3) is 11.8 Å². The van der Waals surface area contributed by atoms with Crippen molar-refractivity contribution >= 4 is 22.2 Å². The van der Waals surface area contributed by atoms with Crippen molar-refractivity contribution in [1.29, 1.82) is 0 Å². The number of aromatic nitrogens is 2. The second kappa shape index (κ2) is 6.66. The number of thiophene rings is 1. The second-order valence-corrected chi connectivity index (χ2v) is 7.52. The summed E-state index contributed by atoms with van der Waals surface area (Å²) >= 11 is 1.42. The minimum atomic E-state index is -0.470. The van der Waals surface area contributed by atoms with E-state index in [4.69, 9.17) is 10.3 Å². The van der Waals surface area contributed by atoms with Crippen molar-refractivity contribution in [3.05, 3.63) is 52.7 Å². The normalized spacial score (nSPS) is 15.5. The minimum Gasteiger partial charge on any atom is -0.334 e. The zero-order valence-electron chi connectivity index (χ0n) is 14.5. The van der Waals surface area contributed by atoms with Gasteiger partial charge in [0.05, 0.1) is 11.1 Å². The highest BCUT2D eigenvalue weighted by Crippen LogP contribution is 2.39. The Hall–Kier alpha value is -2.51. The van der Waals surface area contributed by atoms with Crippen LogP contribution in [0.2, 0.25) is 0 Å². The van der Waals surface area contributed by atoms with E-state index in [0.29, 0.717) is 22.3 Å². The van der Waals surface area contributed by atoms with Gasteiger partial charge < -0.3 is 15.6 Å². The fraction of sp³-hybridized carbons (Fsp3) is 0.316. The number of nitrogens with zero attached hydrogens (tertiary/aromatic N) is 2. The Morgan fingerprint density at radius 2 is 2.08 bits per heavy atom. The Kier molecular flexibility index (Phi) is 4.34. The van der Waals surface area contributed by atoms with E-state index in [1.807, 2.05) is 35.7 Å². The lowest BCUT2D eigenvalue weighted by Gasteiger charge is -2.34. The van der Waals surface area contributed by atoms with Crippen LogP contribution in [-0.4, -0.2) is 16.0 Å². The van der Waals surface area contributed by atoms with E-state index in [1.54, 1.807) is 0 Å². The van der Waals surface area contributed by atoms with E-state index < -0.39 is 5.54 Å². The molecule has 0 spiro atoms. The van der Waals surface area contributed by atoms with Crippen LogP contribution in [0.25, 0.3) is 11.5 Å². The maximum Gasteiger partial charge on any atom is 0.260 e. The molecule has 0 aliphatic heterocycles. The molecule has 1 fully saturated rings. The molecule has 0 saturated heterocycles. The van der Waals surface area contributed by atoms with Gasteiger partial charge in [0.15, 0.2) is 5.82 Å². The lowest BCUT2D eigenvalue weighted by Crippen LogP contribution is -2.44. The van der Waals surface area contributed by atoms with Crippen molar-refractivity contribution in [2.75, 3.05) is 5.32 Å². The Morgan fingerprint density at radius 3 is 2.73 bits per heavy atom. The third-order valence-electron chi connectivity index (χ3n) is 4.86. The highest BCUT2D eigenvalue weighted by molar-refractivity contribution is 7.15. The number of hydrogen-bond donors (Lipinski definition) is 2. The molecule has 134 valence electrons. The summed E-state index contributed by atoms with van der Waals surface area (Å²) in [4.78, 5) is 17.0. The van der Waals surface area contributed by atoms with Crippen molar-refractivity contribution < 1.29 is 9.32 Å². The van der Waals surface area contributed by atoms with Gasteiger partial charge in [-0.2, -0.15) is 4.98 Å². The first-order valence-corrected chi connectivity index (χ1v) is 9.58. The predicted octanol–water partition coefficient (Wildman–Crippen LogP) is 3.95. The van der Waals surface area contributed by atoms with Crippen LogP contribution in [-0.2, 0) is 12.0 Å². The molecule has 26 heavy (non-hydrogen) atoms. The number of nitrogens with two attached hydrogens (primary N) is 1. The zero-order chi connectivity index (χ0) is 18.1. The van der Waals surface area contributed by atoms with Gasteiger partial charge in [-0.3, -0.25) is 4.79 Å². The van der Waals surface area contributed by atoms with Crippen LogP contribution in [0.4, 0.5) is 5.00 Å². The molecule has 7 heteroatoms. The van der Waals surface area contributed by atoms with Crippen LogP contribution in [0.15, 0.2) is 40.2 Å². The van der Waals surface area contributed by atoms with Crippen LogP contribution in [0.3, 0.4) is 0 Å². The Labute approximate surface area is 155 Å². The summed E-state index contributed by atoms with van der Waals surface area (Å²) in [5.41, 5.74) is 8.32. The smallest absolute Gasteiger partial charge is 0.260 e. The van der Waals surface area contributed by atoms with E-state index >= 15 is 0 Å². The summed E-state index contributed by atoms with van der Waals surface area (Å²) in [5.74, 6) is 0.761. The molecule has 1 saturated carbocycles. The van der Waals surface area contributed by atoms with E-state index in [2.05, 4.69) is 22.4 Å². The quantitative estimate of drug-likeness (QED) is 0.711. The fourth-order valence-corrected chi connectivity index (χ4v) is 3.73. The number of anilines is 1. The van der Waals surface area contributed by atoms with Crippen LogP contribution >= 0.6 is 11.3 Å². The number of carbonyl (C=O) groups is 1. The zero-order valence-corrected chi connectivity index (χ0v) is 15.3. The lowest BCUT2D eigenvalue weighted by atomic mass is 9.77. The molecule has 0 bridgehead atoms. The van der Waals surface area contributed by atoms with Gasteiger partial charge in [0, 0.05) is 5.56 Å². The van der Waals surface area contributed by atoms with Crippen molar-refractivity contribution in [3.8, 4) is 11.5 Å². The van der Waals surface area contributed by atoms with E-state index in [0.717, 1.165) is 31.2 Å². The molecule has 2 heterocycles. The molecule has 1 aliphatic carbocycles. The molecule has 6 nitrogen and oxygen atoms in total. The van der Waals surface area contributed by atoms with E-state index in [-0.39, 0.29) is 5.91 Å². The SMILES string of the molecule is CCc1ccc(C(=O)Nc2sccc2-c2nc(C3(N)CCC3)no2)cc1. The molecule has 1 aromatic carbocycles. The molecule has 3 N–H and O–H groups in total.